The normalized spacial score (nSPS) is 15.2. The Morgan fingerprint density at radius 3 is 2.68 bits per heavy atom. The molecule has 2 aromatic carbocycles. The van der Waals surface area contributed by atoms with Crippen LogP contribution in [0.1, 0.15) is 16.7 Å². The summed E-state index contributed by atoms with van der Waals surface area (Å²) in [5, 5.41) is 12.8. The molecule has 0 atom stereocenters. The first kappa shape index (κ1) is 18.3. The number of benzene rings is 2. The van der Waals surface area contributed by atoms with Crippen LogP contribution in [-0.4, -0.2) is 19.2 Å². The number of hydrogen-bond donors (Lipinski definition) is 1. The van der Waals surface area contributed by atoms with Crippen molar-refractivity contribution in [1.29, 1.82) is 5.26 Å². The second-order valence-electron chi connectivity index (χ2n) is 6.37. The Kier molecular flexibility index (Phi) is 4.05. The predicted octanol–water partition coefficient (Wildman–Crippen LogP) is 4.20. The number of aromatic nitrogens is 1. The molecule has 0 saturated carbocycles. The van der Waals surface area contributed by atoms with Crippen LogP contribution in [-0.2, 0) is 22.4 Å². The second-order valence-corrected chi connectivity index (χ2v) is 8.45. The number of aryl methyl sites for hydroxylation is 1. The van der Waals surface area contributed by atoms with E-state index in [9.17, 15) is 26.9 Å². The van der Waals surface area contributed by atoms with Crippen LogP contribution in [0, 0.1) is 11.3 Å². The number of fused-ring (bicyclic) bond motifs is 3. The lowest BCUT2D eigenvalue weighted by molar-refractivity contribution is -0.137. The molecule has 142 valence electrons. The van der Waals surface area contributed by atoms with Gasteiger partial charge in [-0.3, -0.25) is 4.98 Å². The van der Waals surface area contributed by atoms with Gasteiger partial charge in [0.05, 0.1) is 33.0 Å². The van der Waals surface area contributed by atoms with Gasteiger partial charge in [0.1, 0.15) is 6.07 Å². The fraction of sp³-hybridized carbons (Fsp3) is 0.158. The van der Waals surface area contributed by atoms with Gasteiger partial charge in [-0.15, -0.1) is 0 Å². The van der Waals surface area contributed by atoms with Gasteiger partial charge < -0.3 is 5.32 Å². The maximum absolute atomic E-state index is 13.0. The summed E-state index contributed by atoms with van der Waals surface area (Å²) < 4.78 is 63.5. The molecule has 1 aliphatic rings. The second kappa shape index (κ2) is 6.21. The summed E-state index contributed by atoms with van der Waals surface area (Å²) in [4.78, 5) is 4.37. The maximum atomic E-state index is 13.0. The lowest BCUT2D eigenvalue weighted by Gasteiger charge is -2.15. The first-order chi connectivity index (χ1) is 13.2. The Bertz CT molecular complexity index is 1260. The zero-order valence-electron chi connectivity index (χ0n) is 14.2. The molecule has 0 amide bonds. The van der Waals surface area contributed by atoms with Crippen molar-refractivity contribution >= 4 is 32.1 Å². The van der Waals surface area contributed by atoms with Gasteiger partial charge in [-0.1, -0.05) is 6.07 Å². The number of alkyl halides is 3. The Labute approximate surface area is 158 Å². The number of nitrogens with one attached hydrogen (secondary N) is 1. The monoisotopic (exact) mass is 403 g/mol. The number of sulfone groups is 1. The van der Waals surface area contributed by atoms with E-state index in [4.69, 9.17) is 0 Å². The highest BCUT2D eigenvalue weighted by molar-refractivity contribution is 7.91. The molecule has 0 aliphatic carbocycles. The average molecular weight is 403 g/mol. The molecular formula is C19H12F3N3O2S. The Morgan fingerprint density at radius 1 is 1.18 bits per heavy atom. The first-order valence-corrected chi connectivity index (χ1v) is 9.88. The van der Waals surface area contributed by atoms with Crippen molar-refractivity contribution in [1.82, 2.24) is 4.98 Å². The summed E-state index contributed by atoms with van der Waals surface area (Å²) in [7, 11) is -3.42. The molecule has 0 bridgehead atoms. The molecule has 0 spiro atoms. The molecule has 5 nitrogen and oxygen atoms in total. The molecule has 9 heteroatoms. The Hall–Kier alpha value is -3.12. The number of pyridine rings is 1. The summed E-state index contributed by atoms with van der Waals surface area (Å²) in [6.45, 7) is 0. The highest BCUT2D eigenvalue weighted by Gasteiger charge is 2.31. The number of nitrogens with zero attached hydrogens (tertiary/aromatic N) is 2. The van der Waals surface area contributed by atoms with Gasteiger partial charge in [0, 0.05) is 17.3 Å². The van der Waals surface area contributed by atoms with Crippen molar-refractivity contribution in [2.24, 2.45) is 0 Å². The van der Waals surface area contributed by atoms with Crippen LogP contribution in [0.4, 0.5) is 24.5 Å². The molecule has 0 saturated heterocycles. The summed E-state index contributed by atoms with van der Waals surface area (Å²) >= 11 is 0. The Balaban J connectivity index is 1.94. The number of hydrogen-bond acceptors (Lipinski definition) is 5. The van der Waals surface area contributed by atoms with Gasteiger partial charge in [-0.05, 0) is 42.3 Å². The van der Waals surface area contributed by atoms with Crippen LogP contribution in [0.15, 0.2) is 47.5 Å². The third-order valence-electron chi connectivity index (χ3n) is 4.64. The molecule has 0 unspecified atom stereocenters. The van der Waals surface area contributed by atoms with Crippen molar-refractivity contribution < 1.29 is 21.6 Å². The summed E-state index contributed by atoms with van der Waals surface area (Å²) in [5.74, 6) is -0.0543. The largest absolute Gasteiger partial charge is 0.416 e. The topological polar surface area (TPSA) is 82.8 Å². The highest BCUT2D eigenvalue weighted by atomic mass is 32.2. The summed E-state index contributed by atoms with van der Waals surface area (Å²) in [5.41, 5.74) is 0.656. The molecule has 2 heterocycles. The predicted molar refractivity (Wildman–Crippen MR) is 96.9 cm³/mol. The summed E-state index contributed by atoms with van der Waals surface area (Å²) in [6, 6.07) is 9.58. The zero-order chi connectivity index (χ0) is 20.1. The quantitative estimate of drug-likeness (QED) is 0.694. The van der Waals surface area contributed by atoms with Gasteiger partial charge in [0.2, 0.25) is 0 Å². The van der Waals surface area contributed by atoms with Crippen LogP contribution in [0.25, 0.3) is 10.9 Å². The van der Waals surface area contributed by atoms with Crippen LogP contribution < -0.4 is 5.32 Å². The van der Waals surface area contributed by atoms with Gasteiger partial charge in [0.15, 0.2) is 9.84 Å². The molecule has 1 aliphatic heterocycles. The van der Waals surface area contributed by atoms with Crippen molar-refractivity contribution in [2.75, 3.05) is 11.1 Å². The number of nitriles is 1. The molecule has 1 N–H and O–H groups in total. The van der Waals surface area contributed by atoms with E-state index in [-0.39, 0.29) is 34.0 Å². The van der Waals surface area contributed by atoms with E-state index >= 15 is 0 Å². The smallest absolute Gasteiger partial charge is 0.354 e. The average Bonchev–Trinajstić information content (AvgIpc) is 2.96. The van der Waals surface area contributed by atoms with Gasteiger partial charge >= 0.3 is 6.18 Å². The minimum absolute atomic E-state index is 0.0543. The minimum atomic E-state index is -4.51. The molecule has 28 heavy (non-hydrogen) atoms. The molecule has 1 aromatic heterocycles. The fourth-order valence-electron chi connectivity index (χ4n) is 3.35. The van der Waals surface area contributed by atoms with Crippen LogP contribution >= 0.6 is 0 Å². The SMILES string of the molecule is N#Cc1cnc2ccc3c(c2c1Nc1cccc(C(F)(F)F)c1)CCS3(=O)=O. The van der Waals surface area contributed by atoms with Crippen molar-refractivity contribution in [3.8, 4) is 6.07 Å². The third-order valence-corrected chi connectivity index (χ3v) is 6.43. The van der Waals surface area contributed by atoms with Gasteiger partial charge in [-0.2, -0.15) is 18.4 Å². The van der Waals surface area contributed by atoms with E-state index < -0.39 is 21.6 Å². The minimum Gasteiger partial charge on any atom is -0.354 e. The molecule has 3 aromatic rings. The van der Waals surface area contributed by atoms with E-state index in [1.54, 1.807) is 0 Å². The molecular weight excluding hydrogens is 391 g/mol. The summed E-state index contributed by atoms with van der Waals surface area (Å²) in [6.07, 6.45) is -2.94. The van der Waals surface area contributed by atoms with E-state index in [2.05, 4.69) is 10.3 Å². The lowest BCUT2D eigenvalue weighted by atomic mass is 10.0. The third kappa shape index (κ3) is 2.96. The molecule has 0 fully saturated rings. The van der Waals surface area contributed by atoms with Crippen molar-refractivity contribution in [3.05, 3.63) is 59.3 Å². The van der Waals surface area contributed by atoms with Crippen LogP contribution in [0.2, 0.25) is 0 Å². The highest BCUT2D eigenvalue weighted by Crippen LogP contribution is 2.39. The standard InChI is InChI=1S/C19H12F3N3O2S/c20-19(21,22)12-2-1-3-13(8-12)25-18-11(9-23)10-24-15-4-5-16-14(17(15)18)6-7-28(16,26)27/h1-5,8,10H,6-7H2,(H,24,25). The molecule has 0 radical (unpaired) electrons. The maximum Gasteiger partial charge on any atom is 0.416 e. The van der Waals surface area contributed by atoms with E-state index in [0.717, 1.165) is 12.1 Å². The molecule has 4 rings (SSSR count). The van der Waals surface area contributed by atoms with E-state index in [1.807, 2.05) is 6.07 Å². The zero-order valence-corrected chi connectivity index (χ0v) is 15.0. The Morgan fingerprint density at radius 2 is 1.96 bits per heavy atom. The van der Waals surface area contributed by atoms with Crippen molar-refractivity contribution in [3.63, 3.8) is 0 Å². The van der Waals surface area contributed by atoms with E-state index in [0.29, 0.717) is 16.5 Å². The van der Waals surface area contributed by atoms with Gasteiger partial charge in [0.25, 0.3) is 0 Å². The number of anilines is 2. The number of rotatable bonds is 2. The fourth-order valence-corrected chi connectivity index (χ4v) is 4.90. The van der Waals surface area contributed by atoms with Crippen LogP contribution in [0.5, 0.6) is 0 Å². The van der Waals surface area contributed by atoms with Crippen molar-refractivity contribution in [2.45, 2.75) is 17.5 Å². The van der Waals surface area contributed by atoms with Crippen LogP contribution in [0.3, 0.4) is 0 Å². The number of halogens is 3. The first-order valence-electron chi connectivity index (χ1n) is 8.22. The van der Waals surface area contributed by atoms with Gasteiger partial charge in [-0.25, -0.2) is 8.42 Å². The lowest BCUT2D eigenvalue weighted by Crippen LogP contribution is -2.06. The van der Waals surface area contributed by atoms with E-state index in [1.165, 1.54) is 30.5 Å².